The topological polar surface area (TPSA) is 59.0 Å². The number of halogens is 1. The zero-order valence-corrected chi connectivity index (χ0v) is 20.8. The van der Waals surface area contributed by atoms with Crippen LogP contribution in [0.4, 0.5) is 4.11 Å². The van der Waals surface area contributed by atoms with E-state index in [4.69, 9.17) is 9.47 Å². The molecule has 178 valence electrons. The smallest absolute Gasteiger partial charge is 0.248 e. The van der Waals surface area contributed by atoms with Crippen LogP contribution in [0.2, 0.25) is 18.6 Å². The molecule has 0 fully saturated rings. The van der Waals surface area contributed by atoms with E-state index in [-0.39, 0.29) is 37.0 Å². The van der Waals surface area contributed by atoms with Gasteiger partial charge in [0.15, 0.2) is 0 Å². The Kier molecular flexibility index (Phi) is 6.93. The van der Waals surface area contributed by atoms with Gasteiger partial charge in [0.2, 0.25) is 14.3 Å². The van der Waals surface area contributed by atoms with Crippen molar-refractivity contribution in [2.45, 2.75) is 63.2 Å². The minimum absolute atomic E-state index is 0.0575. The predicted octanol–water partition coefficient (Wildman–Crippen LogP) is 4.65. The number of hydrogen-bond acceptors (Lipinski definition) is 4. The second-order valence-electron chi connectivity index (χ2n) is 9.84. The molecule has 1 N–H and O–H groups in total. The van der Waals surface area contributed by atoms with Crippen molar-refractivity contribution in [2.75, 3.05) is 13.7 Å². The summed E-state index contributed by atoms with van der Waals surface area (Å²) in [5.74, 6) is 0.458. The van der Waals surface area contributed by atoms with Gasteiger partial charge in [0.1, 0.15) is 11.9 Å². The van der Waals surface area contributed by atoms with Crippen LogP contribution in [0.3, 0.4) is 0 Å². The first kappa shape index (κ1) is 23.9. The number of para-hydroxylation sites is 1. The van der Waals surface area contributed by atoms with Crippen molar-refractivity contribution in [3.05, 3.63) is 65.2 Å². The van der Waals surface area contributed by atoms with Crippen LogP contribution in [0, 0.1) is 5.92 Å². The lowest BCUT2D eigenvalue weighted by Gasteiger charge is -2.44. The maximum Gasteiger partial charge on any atom is 0.248 e. The molecule has 0 aromatic heterocycles. The molecule has 2 aliphatic heterocycles. The highest BCUT2D eigenvalue weighted by Crippen LogP contribution is 2.47. The Balaban J connectivity index is 1.61. The van der Waals surface area contributed by atoms with E-state index in [2.05, 4.69) is 0 Å². The first-order valence-corrected chi connectivity index (χ1v) is 14.6. The summed E-state index contributed by atoms with van der Waals surface area (Å²) < 4.78 is 27.9. The largest absolute Gasteiger partial charge is 0.490 e. The maximum atomic E-state index is 15.8. The lowest BCUT2D eigenvalue weighted by molar-refractivity contribution is -0.136. The zero-order valence-electron chi connectivity index (χ0n) is 19.8. The molecule has 0 spiro atoms. The number of aliphatic hydroxyl groups is 1. The molecule has 2 aliphatic rings. The third-order valence-electron chi connectivity index (χ3n) is 7.30. The van der Waals surface area contributed by atoms with Crippen LogP contribution in [0.25, 0.3) is 0 Å². The lowest BCUT2D eigenvalue weighted by Crippen LogP contribution is -2.50. The van der Waals surface area contributed by atoms with Crippen LogP contribution in [0.15, 0.2) is 48.5 Å². The summed E-state index contributed by atoms with van der Waals surface area (Å²) in [6, 6.07) is 15.4. The molecule has 0 aliphatic carbocycles. The van der Waals surface area contributed by atoms with E-state index in [1.54, 1.807) is 25.1 Å². The second kappa shape index (κ2) is 9.56. The highest BCUT2D eigenvalue weighted by Gasteiger charge is 2.49. The minimum Gasteiger partial charge on any atom is -0.490 e. The van der Waals surface area contributed by atoms with Gasteiger partial charge in [-0.05, 0) is 36.7 Å². The summed E-state index contributed by atoms with van der Waals surface area (Å²) in [5.41, 5.74) is 2.66. The van der Waals surface area contributed by atoms with Crippen molar-refractivity contribution in [1.82, 2.24) is 4.90 Å². The third-order valence-corrected chi connectivity index (χ3v) is 9.59. The van der Waals surface area contributed by atoms with Crippen LogP contribution >= 0.6 is 0 Å². The number of amides is 1. The molecule has 1 amide bonds. The Labute approximate surface area is 196 Å². The molecular weight excluding hydrogens is 437 g/mol. The highest BCUT2D eigenvalue weighted by atomic mass is 28.4. The Morgan fingerprint density at radius 1 is 1.21 bits per heavy atom. The molecule has 5 atom stereocenters. The van der Waals surface area contributed by atoms with E-state index in [0.29, 0.717) is 18.7 Å². The Morgan fingerprint density at radius 3 is 2.55 bits per heavy atom. The molecule has 33 heavy (non-hydrogen) atoms. The van der Waals surface area contributed by atoms with Gasteiger partial charge in [0.25, 0.3) is 0 Å². The minimum atomic E-state index is -3.30. The number of ether oxygens (including phenoxy) is 2. The fraction of sp³-hybridized carbons (Fsp3) is 0.500. The average molecular weight is 472 g/mol. The van der Waals surface area contributed by atoms with Gasteiger partial charge in [0.05, 0.1) is 18.8 Å². The summed E-state index contributed by atoms with van der Waals surface area (Å²) in [5, 5.41) is 10.00. The molecule has 1 unspecified atom stereocenters. The molecule has 5 nitrogen and oxygen atoms in total. The van der Waals surface area contributed by atoms with E-state index < -0.39 is 20.1 Å². The number of benzene rings is 2. The van der Waals surface area contributed by atoms with Gasteiger partial charge in [-0.15, -0.1) is 0 Å². The number of carbonyl (C=O) groups is 1. The van der Waals surface area contributed by atoms with E-state index in [1.807, 2.05) is 55.5 Å². The van der Waals surface area contributed by atoms with Crippen LogP contribution in [-0.4, -0.2) is 50.2 Å². The number of methoxy groups -OCH3 is 1. The fourth-order valence-corrected chi connectivity index (χ4v) is 7.23. The van der Waals surface area contributed by atoms with Gasteiger partial charge >= 0.3 is 0 Å². The molecule has 4 rings (SSSR count). The molecule has 0 saturated carbocycles. The quantitative estimate of drug-likeness (QED) is 0.492. The monoisotopic (exact) mass is 471 g/mol. The van der Waals surface area contributed by atoms with E-state index in [9.17, 15) is 9.90 Å². The number of aliphatic hydroxyl groups excluding tert-OH is 1. The van der Waals surface area contributed by atoms with Crippen molar-refractivity contribution in [3.63, 3.8) is 0 Å². The van der Waals surface area contributed by atoms with Crippen molar-refractivity contribution < 1.29 is 23.5 Å². The van der Waals surface area contributed by atoms with Gasteiger partial charge < -0.3 is 23.6 Å². The van der Waals surface area contributed by atoms with Crippen molar-refractivity contribution in [2.24, 2.45) is 5.92 Å². The SMILES string of the molecule is CO[C@@H]1c2ccccc2O[C@H](C(CC(=O)N2Cc3ccccc3C[C@H]2CO)[Si](C)(C)F)[C@H]1C. The molecule has 2 aromatic carbocycles. The summed E-state index contributed by atoms with van der Waals surface area (Å²) >= 11 is 0. The van der Waals surface area contributed by atoms with Crippen LogP contribution in [0.1, 0.15) is 36.1 Å². The molecule has 0 saturated heterocycles. The lowest BCUT2D eigenvalue weighted by atomic mass is 9.86. The van der Waals surface area contributed by atoms with Gasteiger partial charge in [-0.25, -0.2) is 0 Å². The molecule has 2 heterocycles. The molecule has 2 aromatic rings. The normalized spacial score (nSPS) is 25.6. The maximum absolute atomic E-state index is 15.8. The third kappa shape index (κ3) is 4.72. The first-order valence-electron chi connectivity index (χ1n) is 11.7. The zero-order chi connectivity index (χ0) is 23.8. The van der Waals surface area contributed by atoms with Crippen molar-refractivity contribution in [3.8, 4) is 5.75 Å². The molecule has 0 radical (unpaired) electrons. The summed E-state index contributed by atoms with van der Waals surface area (Å²) in [6.45, 7) is 5.64. The number of nitrogens with zero attached hydrogens (tertiary/aromatic N) is 1. The highest BCUT2D eigenvalue weighted by molar-refractivity contribution is 6.72. The predicted molar refractivity (Wildman–Crippen MR) is 128 cm³/mol. The summed E-state index contributed by atoms with van der Waals surface area (Å²) in [7, 11) is -1.64. The number of rotatable bonds is 6. The van der Waals surface area contributed by atoms with Gasteiger partial charge in [0, 0.05) is 37.1 Å². The van der Waals surface area contributed by atoms with Crippen molar-refractivity contribution >= 4 is 14.3 Å². The van der Waals surface area contributed by atoms with Gasteiger partial charge in [-0.1, -0.05) is 49.4 Å². The Morgan fingerprint density at radius 2 is 1.88 bits per heavy atom. The first-order chi connectivity index (χ1) is 15.7. The van der Waals surface area contributed by atoms with Gasteiger partial charge in [-0.2, -0.15) is 0 Å². The summed E-state index contributed by atoms with van der Waals surface area (Å²) in [6.07, 6.45) is -0.0251. The van der Waals surface area contributed by atoms with Gasteiger partial charge in [-0.3, -0.25) is 4.79 Å². The van der Waals surface area contributed by atoms with Crippen molar-refractivity contribution in [1.29, 1.82) is 0 Å². The molecule has 0 bridgehead atoms. The average Bonchev–Trinajstić information content (AvgIpc) is 2.80. The molecular formula is C26H34FNO4Si. The Bertz CT molecular complexity index is 994. The standard InChI is InChI=1S/C26H34FNO4Si/c1-17-25(31-2)21-11-7-8-12-22(21)32-26(17)23(33(3,4)27)14-24(30)28-15-19-10-6-5-9-18(19)13-20(28)16-29/h5-12,17,20,23,25-26,29H,13-16H2,1-4H3/t17-,20-,23?,25-,26-/m0/s1. The van der Waals surface area contributed by atoms with E-state index >= 15 is 4.11 Å². The number of hydrogen-bond donors (Lipinski definition) is 1. The second-order valence-corrected chi connectivity index (χ2v) is 13.7. The van der Waals surface area contributed by atoms with Crippen LogP contribution in [-0.2, 0) is 22.5 Å². The van der Waals surface area contributed by atoms with E-state index in [0.717, 1.165) is 16.7 Å². The summed E-state index contributed by atoms with van der Waals surface area (Å²) in [4.78, 5) is 15.3. The van der Waals surface area contributed by atoms with Crippen LogP contribution < -0.4 is 4.74 Å². The van der Waals surface area contributed by atoms with E-state index in [1.165, 1.54) is 0 Å². The number of fused-ring (bicyclic) bond motifs is 2. The Hall–Kier alpha value is -2.22. The fourth-order valence-electron chi connectivity index (χ4n) is 5.42. The number of carbonyl (C=O) groups excluding carboxylic acids is 1. The van der Waals surface area contributed by atoms with Crippen LogP contribution in [0.5, 0.6) is 5.75 Å². The molecule has 7 heteroatoms.